The van der Waals surface area contributed by atoms with Gasteiger partial charge in [-0.2, -0.15) is 5.10 Å². The number of aryl methyl sites for hydroxylation is 2. The third-order valence-corrected chi connectivity index (χ3v) is 5.36. The van der Waals surface area contributed by atoms with E-state index in [1.165, 1.54) is 16.1 Å². The zero-order valence-electron chi connectivity index (χ0n) is 15.4. The Kier molecular flexibility index (Phi) is 9.23. The number of nitrogens with one attached hydrogen (secondary N) is 2. The van der Waals surface area contributed by atoms with E-state index in [4.69, 9.17) is 11.6 Å². The van der Waals surface area contributed by atoms with Crippen LogP contribution in [-0.2, 0) is 19.9 Å². The Labute approximate surface area is 176 Å². The molecule has 0 bridgehead atoms. The Morgan fingerprint density at radius 3 is 2.64 bits per heavy atom. The lowest BCUT2D eigenvalue weighted by Crippen LogP contribution is -2.43. The molecule has 0 fully saturated rings. The van der Waals surface area contributed by atoms with Crippen molar-refractivity contribution >= 4 is 52.9 Å². The van der Waals surface area contributed by atoms with Crippen molar-refractivity contribution in [3.63, 3.8) is 0 Å². The van der Waals surface area contributed by atoms with Crippen LogP contribution in [0.15, 0.2) is 17.1 Å². The van der Waals surface area contributed by atoms with Gasteiger partial charge in [0, 0.05) is 37.3 Å². The maximum atomic E-state index is 5.96. The van der Waals surface area contributed by atoms with Gasteiger partial charge in [-0.05, 0) is 51.3 Å². The first-order valence-corrected chi connectivity index (χ1v) is 9.30. The predicted molar refractivity (Wildman–Crippen MR) is 119 cm³/mol. The monoisotopic (exact) mass is 495 g/mol. The van der Waals surface area contributed by atoms with E-state index >= 15 is 0 Å². The molecule has 2 N–H and O–H groups in total. The molecule has 0 radical (unpaired) electrons. The summed E-state index contributed by atoms with van der Waals surface area (Å²) in [6.45, 7) is 7.17. The summed E-state index contributed by atoms with van der Waals surface area (Å²) < 4.78 is 2.78. The van der Waals surface area contributed by atoms with Gasteiger partial charge < -0.3 is 10.6 Å². The first-order valence-electron chi connectivity index (χ1n) is 8.11. The molecular weight excluding hydrogens is 469 g/mol. The van der Waals surface area contributed by atoms with E-state index in [9.17, 15) is 0 Å². The molecular formula is C17H27ClIN5S. The molecule has 8 heteroatoms. The number of aromatic nitrogens is 2. The second-order valence-electron chi connectivity index (χ2n) is 5.98. The summed E-state index contributed by atoms with van der Waals surface area (Å²) in [7, 11) is 3.78. The predicted octanol–water partition coefficient (Wildman–Crippen LogP) is 3.71. The lowest BCUT2D eigenvalue weighted by molar-refractivity contribution is 0.635. The second kappa shape index (κ2) is 10.4. The Balaban J connectivity index is 0.00000312. The van der Waals surface area contributed by atoms with Gasteiger partial charge in [0.15, 0.2) is 5.96 Å². The molecule has 0 saturated carbocycles. The van der Waals surface area contributed by atoms with Crippen LogP contribution in [0, 0.1) is 13.8 Å². The molecule has 0 amide bonds. The number of guanidine groups is 1. The average Bonchev–Trinajstić information content (AvgIpc) is 3.05. The molecule has 1 atom stereocenters. The summed E-state index contributed by atoms with van der Waals surface area (Å²) in [5.41, 5.74) is 3.63. The molecule has 2 heterocycles. The molecule has 1 unspecified atom stereocenters. The SMILES string of the molecule is CN=C(NCCc1ccc(Cl)s1)NC(C)Cc1c(C)nn(C)c1C.I. The number of thiophene rings is 1. The maximum Gasteiger partial charge on any atom is 0.191 e. The van der Waals surface area contributed by atoms with Gasteiger partial charge >= 0.3 is 0 Å². The van der Waals surface area contributed by atoms with Crippen LogP contribution >= 0.6 is 46.9 Å². The van der Waals surface area contributed by atoms with E-state index < -0.39 is 0 Å². The largest absolute Gasteiger partial charge is 0.356 e. The number of hydrogen-bond acceptors (Lipinski definition) is 3. The normalized spacial score (nSPS) is 12.6. The van der Waals surface area contributed by atoms with Crippen molar-refractivity contribution in [3.05, 3.63) is 38.3 Å². The van der Waals surface area contributed by atoms with E-state index in [1.54, 1.807) is 18.4 Å². The smallest absolute Gasteiger partial charge is 0.191 e. The molecule has 2 aromatic heterocycles. The molecule has 2 aromatic rings. The van der Waals surface area contributed by atoms with Gasteiger partial charge in [-0.3, -0.25) is 9.67 Å². The Morgan fingerprint density at radius 2 is 2.12 bits per heavy atom. The zero-order valence-corrected chi connectivity index (χ0v) is 19.3. The number of aliphatic imine (C=N–C) groups is 1. The van der Waals surface area contributed by atoms with Crippen LogP contribution in [0.5, 0.6) is 0 Å². The van der Waals surface area contributed by atoms with Gasteiger partial charge in [0.25, 0.3) is 0 Å². The minimum absolute atomic E-state index is 0. The third kappa shape index (κ3) is 6.45. The van der Waals surface area contributed by atoms with E-state index in [0.29, 0.717) is 0 Å². The van der Waals surface area contributed by atoms with Gasteiger partial charge in [0.05, 0.1) is 10.0 Å². The van der Waals surface area contributed by atoms with Crippen LogP contribution in [0.4, 0.5) is 0 Å². The summed E-state index contributed by atoms with van der Waals surface area (Å²) in [6, 6.07) is 4.28. The van der Waals surface area contributed by atoms with Gasteiger partial charge in [0.1, 0.15) is 0 Å². The lowest BCUT2D eigenvalue weighted by Gasteiger charge is -2.18. The molecule has 0 aliphatic heterocycles. The van der Waals surface area contributed by atoms with E-state index in [1.807, 2.05) is 17.8 Å². The van der Waals surface area contributed by atoms with Gasteiger partial charge in [0.2, 0.25) is 0 Å². The number of halogens is 2. The molecule has 25 heavy (non-hydrogen) atoms. The third-order valence-electron chi connectivity index (χ3n) is 4.07. The lowest BCUT2D eigenvalue weighted by atomic mass is 10.1. The highest BCUT2D eigenvalue weighted by molar-refractivity contribution is 14.0. The number of nitrogens with zero attached hydrogens (tertiary/aromatic N) is 3. The highest BCUT2D eigenvalue weighted by atomic mass is 127. The fourth-order valence-corrected chi connectivity index (χ4v) is 3.78. The van der Waals surface area contributed by atoms with Crippen molar-refractivity contribution in [1.82, 2.24) is 20.4 Å². The quantitative estimate of drug-likeness (QED) is 0.365. The molecule has 140 valence electrons. The fraction of sp³-hybridized carbons (Fsp3) is 0.529. The highest BCUT2D eigenvalue weighted by Gasteiger charge is 2.13. The van der Waals surface area contributed by atoms with Crippen molar-refractivity contribution in [1.29, 1.82) is 0 Å². The van der Waals surface area contributed by atoms with Crippen molar-refractivity contribution in [2.45, 2.75) is 39.7 Å². The van der Waals surface area contributed by atoms with Gasteiger partial charge in [-0.25, -0.2) is 0 Å². The Morgan fingerprint density at radius 1 is 1.40 bits per heavy atom. The van der Waals surface area contributed by atoms with E-state index in [0.717, 1.165) is 35.4 Å². The van der Waals surface area contributed by atoms with Crippen molar-refractivity contribution in [3.8, 4) is 0 Å². The van der Waals surface area contributed by atoms with E-state index in [2.05, 4.69) is 47.6 Å². The van der Waals surface area contributed by atoms with Crippen molar-refractivity contribution < 1.29 is 0 Å². The summed E-state index contributed by atoms with van der Waals surface area (Å²) in [5.74, 6) is 0.823. The number of hydrogen-bond donors (Lipinski definition) is 2. The van der Waals surface area contributed by atoms with Gasteiger partial charge in [-0.15, -0.1) is 35.3 Å². The first kappa shape index (κ1) is 22.2. The van der Waals surface area contributed by atoms with Crippen LogP contribution in [0.3, 0.4) is 0 Å². The van der Waals surface area contributed by atoms with E-state index in [-0.39, 0.29) is 30.0 Å². The van der Waals surface area contributed by atoms with Crippen LogP contribution < -0.4 is 10.6 Å². The molecule has 0 aliphatic rings. The minimum Gasteiger partial charge on any atom is -0.356 e. The van der Waals surface area contributed by atoms with Gasteiger partial charge in [-0.1, -0.05) is 11.6 Å². The van der Waals surface area contributed by atoms with Crippen LogP contribution in [0.1, 0.15) is 28.8 Å². The Hall–Kier alpha value is -0.800. The molecule has 0 aliphatic carbocycles. The Bertz CT molecular complexity index is 710. The highest BCUT2D eigenvalue weighted by Crippen LogP contribution is 2.21. The summed E-state index contributed by atoms with van der Waals surface area (Å²) in [6.07, 6.45) is 1.86. The maximum absolute atomic E-state index is 5.96. The first-order chi connectivity index (χ1) is 11.4. The van der Waals surface area contributed by atoms with Crippen molar-refractivity contribution in [2.24, 2.45) is 12.0 Å². The molecule has 0 spiro atoms. The molecule has 5 nitrogen and oxygen atoms in total. The minimum atomic E-state index is 0. The molecule has 0 aromatic carbocycles. The van der Waals surface area contributed by atoms with Crippen molar-refractivity contribution in [2.75, 3.05) is 13.6 Å². The summed E-state index contributed by atoms with van der Waals surface area (Å²) in [4.78, 5) is 5.58. The fourth-order valence-electron chi connectivity index (χ4n) is 2.69. The average molecular weight is 496 g/mol. The van der Waals surface area contributed by atoms with Crippen LogP contribution in [-0.4, -0.2) is 35.4 Å². The number of rotatable bonds is 6. The zero-order chi connectivity index (χ0) is 17.7. The standard InChI is InChI=1S/C17H26ClN5S.HI/c1-11(10-15-12(2)22-23(5)13(15)3)21-17(19-4)20-9-8-14-6-7-16(18)24-14;/h6-7,11H,8-10H2,1-5H3,(H2,19,20,21);1H. The van der Waals surface area contributed by atoms with Crippen LogP contribution in [0.25, 0.3) is 0 Å². The summed E-state index contributed by atoms with van der Waals surface area (Å²) >= 11 is 7.58. The summed E-state index contributed by atoms with van der Waals surface area (Å²) in [5, 5.41) is 11.3. The van der Waals surface area contributed by atoms with Crippen LogP contribution in [0.2, 0.25) is 4.34 Å². The topological polar surface area (TPSA) is 54.2 Å². The molecule has 2 rings (SSSR count). The second-order valence-corrected chi connectivity index (χ2v) is 7.78. The molecule has 0 saturated heterocycles.